The normalized spacial score (nSPS) is 13.2. The number of nitrogens with one attached hydrogen (secondary N) is 1. The maximum absolute atomic E-state index is 11.9. The lowest BCUT2D eigenvalue weighted by molar-refractivity contribution is -0.121. The molecular weight excluding hydrogens is 270 g/mol. The predicted octanol–water partition coefficient (Wildman–Crippen LogP) is 2.86. The highest BCUT2D eigenvalue weighted by Crippen LogP contribution is 2.32. The Labute approximate surface area is 126 Å². The van der Waals surface area contributed by atoms with E-state index < -0.39 is 0 Å². The number of rotatable bonds is 7. The van der Waals surface area contributed by atoms with E-state index in [-0.39, 0.29) is 11.3 Å². The second kappa shape index (κ2) is 7.74. The molecule has 1 heterocycles. The Hall–Kier alpha value is -0.940. The average molecular weight is 297 g/mol. The van der Waals surface area contributed by atoms with E-state index in [1.807, 2.05) is 13.1 Å². The fourth-order valence-corrected chi connectivity index (χ4v) is 2.99. The molecule has 20 heavy (non-hydrogen) atoms. The SMILES string of the molecule is Cc1cnc(CNC(=O)CCC(CCN)C(C)(C)C)s1. The molecule has 0 saturated heterocycles. The highest BCUT2D eigenvalue weighted by molar-refractivity contribution is 7.11. The van der Waals surface area contributed by atoms with E-state index in [0.717, 1.165) is 17.8 Å². The zero-order chi connectivity index (χ0) is 15.2. The first-order valence-corrected chi connectivity index (χ1v) is 8.02. The van der Waals surface area contributed by atoms with Gasteiger partial charge < -0.3 is 11.1 Å². The minimum atomic E-state index is 0.101. The minimum absolute atomic E-state index is 0.101. The van der Waals surface area contributed by atoms with Crippen molar-refractivity contribution >= 4 is 17.2 Å². The van der Waals surface area contributed by atoms with Gasteiger partial charge in [-0.1, -0.05) is 20.8 Å². The number of carbonyl (C=O) groups is 1. The first kappa shape index (κ1) is 17.1. The molecule has 0 bridgehead atoms. The summed E-state index contributed by atoms with van der Waals surface area (Å²) in [6, 6.07) is 0. The number of nitrogens with two attached hydrogens (primary N) is 1. The number of hydrogen-bond acceptors (Lipinski definition) is 4. The largest absolute Gasteiger partial charge is 0.350 e. The van der Waals surface area contributed by atoms with Gasteiger partial charge in [0.25, 0.3) is 0 Å². The van der Waals surface area contributed by atoms with E-state index in [0.29, 0.717) is 25.4 Å². The lowest BCUT2D eigenvalue weighted by Gasteiger charge is -2.30. The lowest BCUT2D eigenvalue weighted by atomic mass is 9.76. The first-order chi connectivity index (χ1) is 9.32. The smallest absolute Gasteiger partial charge is 0.220 e. The van der Waals surface area contributed by atoms with Crippen LogP contribution in [0.25, 0.3) is 0 Å². The van der Waals surface area contributed by atoms with Gasteiger partial charge in [0.15, 0.2) is 0 Å². The zero-order valence-corrected chi connectivity index (χ0v) is 13.8. The van der Waals surface area contributed by atoms with Crippen molar-refractivity contribution in [2.24, 2.45) is 17.1 Å². The van der Waals surface area contributed by atoms with E-state index in [9.17, 15) is 4.79 Å². The van der Waals surface area contributed by atoms with Gasteiger partial charge in [-0.25, -0.2) is 4.98 Å². The first-order valence-electron chi connectivity index (χ1n) is 7.21. The molecule has 0 aliphatic heterocycles. The molecular formula is C15H27N3OS. The molecule has 1 aromatic heterocycles. The Morgan fingerprint density at radius 3 is 2.65 bits per heavy atom. The second-order valence-electron chi connectivity index (χ2n) is 6.32. The maximum Gasteiger partial charge on any atom is 0.220 e. The van der Waals surface area contributed by atoms with Gasteiger partial charge in [0.2, 0.25) is 5.91 Å². The van der Waals surface area contributed by atoms with Crippen LogP contribution < -0.4 is 11.1 Å². The van der Waals surface area contributed by atoms with Gasteiger partial charge in [0.05, 0.1) is 6.54 Å². The van der Waals surface area contributed by atoms with E-state index in [1.54, 1.807) is 11.3 Å². The summed E-state index contributed by atoms with van der Waals surface area (Å²) in [6.45, 7) is 9.87. The third kappa shape index (κ3) is 6.01. The van der Waals surface area contributed by atoms with Crippen molar-refractivity contribution in [2.45, 2.75) is 53.5 Å². The second-order valence-corrected chi connectivity index (χ2v) is 7.64. The molecule has 1 atom stereocenters. The maximum atomic E-state index is 11.9. The van der Waals surface area contributed by atoms with Crippen LogP contribution in [0, 0.1) is 18.3 Å². The molecule has 114 valence electrons. The monoisotopic (exact) mass is 297 g/mol. The minimum Gasteiger partial charge on any atom is -0.350 e. The average Bonchev–Trinajstić information content (AvgIpc) is 2.76. The van der Waals surface area contributed by atoms with Gasteiger partial charge in [-0.2, -0.15) is 0 Å². The van der Waals surface area contributed by atoms with E-state index in [4.69, 9.17) is 5.73 Å². The number of aryl methyl sites for hydroxylation is 1. The summed E-state index contributed by atoms with van der Waals surface area (Å²) in [5.41, 5.74) is 5.86. The third-order valence-electron chi connectivity index (χ3n) is 3.57. The Morgan fingerprint density at radius 1 is 1.45 bits per heavy atom. The van der Waals surface area contributed by atoms with E-state index in [2.05, 4.69) is 31.1 Å². The van der Waals surface area contributed by atoms with Crippen molar-refractivity contribution in [2.75, 3.05) is 6.54 Å². The molecule has 1 rings (SSSR count). The molecule has 0 aliphatic carbocycles. The number of thiazole rings is 1. The molecule has 0 aromatic carbocycles. The quantitative estimate of drug-likeness (QED) is 0.813. The number of hydrogen-bond donors (Lipinski definition) is 2. The number of amides is 1. The van der Waals surface area contributed by atoms with Crippen molar-refractivity contribution < 1.29 is 4.79 Å². The molecule has 0 aliphatic rings. The molecule has 5 heteroatoms. The molecule has 1 aromatic rings. The van der Waals surface area contributed by atoms with Gasteiger partial charge in [-0.3, -0.25) is 4.79 Å². The highest BCUT2D eigenvalue weighted by atomic mass is 32.1. The van der Waals surface area contributed by atoms with E-state index in [1.165, 1.54) is 4.88 Å². The molecule has 0 radical (unpaired) electrons. The summed E-state index contributed by atoms with van der Waals surface area (Å²) in [4.78, 5) is 17.3. The van der Waals surface area contributed by atoms with Crippen molar-refractivity contribution in [1.29, 1.82) is 0 Å². The highest BCUT2D eigenvalue weighted by Gasteiger charge is 2.24. The summed E-state index contributed by atoms with van der Waals surface area (Å²) >= 11 is 1.62. The molecule has 1 amide bonds. The Kier molecular flexibility index (Phi) is 6.62. The number of nitrogens with zero attached hydrogens (tertiary/aromatic N) is 1. The van der Waals surface area contributed by atoms with Crippen LogP contribution in [0.4, 0.5) is 0 Å². The number of aromatic nitrogens is 1. The van der Waals surface area contributed by atoms with Crippen molar-refractivity contribution in [3.8, 4) is 0 Å². The van der Waals surface area contributed by atoms with Crippen LogP contribution in [0.3, 0.4) is 0 Å². The van der Waals surface area contributed by atoms with Crippen molar-refractivity contribution in [1.82, 2.24) is 10.3 Å². The third-order valence-corrected chi connectivity index (χ3v) is 4.48. The Balaban J connectivity index is 2.34. The van der Waals surface area contributed by atoms with Gasteiger partial charge >= 0.3 is 0 Å². The summed E-state index contributed by atoms with van der Waals surface area (Å²) in [5, 5.41) is 3.90. The predicted molar refractivity (Wildman–Crippen MR) is 84.5 cm³/mol. The van der Waals surface area contributed by atoms with Gasteiger partial charge in [0.1, 0.15) is 5.01 Å². The van der Waals surface area contributed by atoms with Gasteiger partial charge in [0, 0.05) is 17.5 Å². The van der Waals surface area contributed by atoms with Gasteiger partial charge in [-0.15, -0.1) is 11.3 Å². The topological polar surface area (TPSA) is 68.0 Å². The summed E-state index contributed by atoms with van der Waals surface area (Å²) < 4.78 is 0. The summed E-state index contributed by atoms with van der Waals surface area (Å²) in [7, 11) is 0. The van der Waals surface area contributed by atoms with E-state index >= 15 is 0 Å². The van der Waals surface area contributed by atoms with Crippen molar-refractivity contribution in [3.05, 3.63) is 16.1 Å². The fourth-order valence-electron chi connectivity index (χ4n) is 2.26. The summed E-state index contributed by atoms with van der Waals surface area (Å²) in [5.74, 6) is 0.587. The molecule has 1 unspecified atom stereocenters. The van der Waals surface area contributed by atoms with Gasteiger partial charge in [-0.05, 0) is 37.6 Å². The summed E-state index contributed by atoms with van der Waals surface area (Å²) in [6.07, 6.45) is 4.27. The van der Waals surface area contributed by atoms with Crippen LogP contribution in [0.5, 0.6) is 0 Å². The molecule has 0 saturated carbocycles. The fraction of sp³-hybridized carbons (Fsp3) is 0.733. The lowest BCUT2D eigenvalue weighted by Crippen LogP contribution is -2.27. The Morgan fingerprint density at radius 2 is 2.15 bits per heavy atom. The Bertz CT molecular complexity index is 423. The number of carbonyl (C=O) groups excluding carboxylic acids is 1. The molecule has 4 nitrogen and oxygen atoms in total. The molecule has 0 fully saturated rings. The standard InChI is InChI=1S/C15H27N3OS/c1-11-9-18-14(20-11)10-17-13(19)6-5-12(7-8-16)15(2,3)4/h9,12H,5-8,10,16H2,1-4H3,(H,17,19). The van der Waals surface area contributed by atoms with Crippen LogP contribution in [0.2, 0.25) is 0 Å². The van der Waals surface area contributed by atoms with Crippen LogP contribution in [0.1, 0.15) is 49.9 Å². The van der Waals surface area contributed by atoms with Crippen LogP contribution in [0.15, 0.2) is 6.20 Å². The zero-order valence-electron chi connectivity index (χ0n) is 13.0. The van der Waals surface area contributed by atoms with Crippen molar-refractivity contribution in [3.63, 3.8) is 0 Å². The van der Waals surface area contributed by atoms with Crippen LogP contribution in [-0.2, 0) is 11.3 Å². The van der Waals surface area contributed by atoms with Crippen LogP contribution in [-0.4, -0.2) is 17.4 Å². The molecule has 3 N–H and O–H groups in total. The van der Waals surface area contributed by atoms with Crippen LogP contribution >= 0.6 is 11.3 Å². The molecule has 0 spiro atoms.